The third kappa shape index (κ3) is 4.04. The largest absolute Gasteiger partial charge is 0.456 e. The van der Waals surface area contributed by atoms with Crippen molar-refractivity contribution >= 4 is 31.9 Å². The molecule has 106 valence electrons. The van der Waals surface area contributed by atoms with Gasteiger partial charge in [0, 0.05) is 16.6 Å². The molecule has 5 heteroatoms. The first-order valence-corrected chi connectivity index (χ1v) is 7.81. The Bertz CT molecular complexity index is 604. The van der Waals surface area contributed by atoms with E-state index in [1.54, 1.807) is 6.07 Å². The molecule has 0 bridgehead atoms. The summed E-state index contributed by atoms with van der Waals surface area (Å²) < 4.78 is 21.0. The van der Waals surface area contributed by atoms with Crippen LogP contribution in [-0.2, 0) is 6.54 Å². The van der Waals surface area contributed by atoms with Crippen LogP contribution in [0.3, 0.4) is 0 Å². The molecule has 0 aliphatic heterocycles. The lowest BCUT2D eigenvalue weighted by atomic mass is 10.2. The van der Waals surface area contributed by atoms with E-state index in [4.69, 9.17) is 4.74 Å². The lowest BCUT2D eigenvalue weighted by molar-refractivity contribution is 0.467. The number of rotatable bonds is 5. The highest BCUT2D eigenvalue weighted by atomic mass is 79.9. The second-order valence-corrected chi connectivity index (χ2v) is 5.98. The van der Waals surface area contributed by atoms with Crippen molar-refractivity contribution in [2.45, 2.75) is 13.5 Å². The van der Waals surface area contributed by atoms with Gasteiger partial charge in [0.25, 0.3) is 0 Å². The average Bonchev–Trinajstić information content (AvgIpc) is 2.41. The highest BCUT2D eigenvalue weighted by molar-refractivity contribution is 9.11. The summed E-state index contributed by atoms with van der Waals surface area (Å²) >= 11 is 6.85. The van der Waals surface area contributed by atoms with E-state index in [0.717, 1.165) is 21.1 Å². The molecule has 0 amide bonds. The minimum Gasteiger partial charge on any atom is -0.456 e. The van der Waals surface area contributed by atoms with Gasteiger partial charge in [0.15, 0.2) is 0 Å². The number of nitrogens with one attached hydrogen (secondary N) is 1. The molecule has 2 rings (SSSR count). The van der Waals surface area contributed by atoms with Crippen LogP contribution in [0.1, 0.15) is 12.5 Å². The molecule has 0 aromatic heterocycles. The average molecular weight is 403 g/mol. The van der Waals surface area contributed by atoms with E-state index >= 15 is 0 Å². The van der Waals surface area contributed by atoms with Gasteiger partial charge in [-0.2, -0.15) is 0 Å². The molecular weight excluding hydrogens is 389 g/mol. The summed E-state index contributed by atoms with van der Waals surface area (Å²) in [6.07, 6.45) is 0. The molecule has 0 aliphatic rings. The van der Waals surface area contributed by atoms with Crippen molar-refractivity contribution < 1.29 is 9.13 Å². The topological polar surface area (TPSA) is 21.3 Å². The van der Waals surface area contributed by atoms with Gasteiger partial charge < -0.3 is 10.1 Å². The maximum Gasteiger partial charge on any atom is 0.141 e. The number of hydrogen-bond donors (Lipinski definition) is 1. The molecule has 0 atom stereocenters. The fourth-order valence-electron chi connectivity index (χ4n) is 1.72. The predicted molar refractivity (Wildman–Crippen MR) is 85.7 cm³/mol. The molecule has 20 heavy (non-hydrogen) atoms. The van der Waals surface area contributed by atoms with Gasteiger partial charge in [0.05, 0.1) is 4.47 Å². The van der Waals surface area contributed by atoms with Crippen molar-refractivity contribution in [2.75, 3.05) is 6.54 Å². The Morgan fingerprint density at radius 2 is 1.85 bits per heavy atom. The molecule has 0 fully saturated rings. The first-order chi connectivity index (χ1) is 9.60. The maximum atomic E-state index is 13.3. The van der Waals surface area contributed by atoms with Crippen LogP contribution in [0.5, 0.6) is 11.5 Å². The number of hydrogen-bond acceptors (Lipinski definition) is 2. The summed E-state index contributed by atoms with van der Waals surface area (Å²) in [5.41, 5.74) is 0.793. The van der Waals surface area contributed by atoms with Crippen molar-refractivity contribution in [3.63, 3.8) is 0 Å². The van der Waals surface area contributed by atoms with E-state index in [2.05, 4.69) is 37.2 Å². The zero-order valence-electron chi connectivity index (χ0n) is 10.9. The van der Waals surface area contributed by atoms with Crippen molar-refractivity contribution in [3.05, 3.63) is 56.7 Å². The van der Waals surface area contributed by atoms with Crippen molar-refractivity contribution in [1.82, 2.24) is 5.32 Å². The van der Waals surface area contributed by atoms with Gasteiger partial charge in [-0.15, -0.1) is 0 Å². The summed E-state index contributed by atoms with van der Waals surface area (Å²) in [7, 11) is 0. The molecule has 0 saturated carbocycles. The number of benzene rings is 2. The highest BCUT2D eigenvalue weighted by Gasteiger charge is 2.09. The van der Waals surface area contributed by atoms with Crippen LogP contribution in [0, 0.1) is 5.82 Å². The Balaban J connectivity index is 2.27. The summed E-state index contributed by atoms with van der Waals surface area (Å²) in [5, 5.41) is 3.18. The minimum atomic E-state index is -0.264. The summed E-state index contributed by atoms with van der Waals surface area (Å²) in [4.78, 5) is 0. The first kappa shape index (κ1) is 15.5. The molecular formula is C15H14Br2FNO. The lowest BCUT2D eigenvalue weighted by Crippen LogP contribution is -2.12. The Hall–Kier alpha value is -0.910. The van der Waals surface area contributed by atoms with Crippen LogP contribution in [0.15, 0.2) is 45.3 Å². The van der Waals surface area contributed by atoms with Gasteiger partial charge in [-0.3, -0.25) is 0 Å². The quantitative estimate of drug-likeness (QED) is 0.737. The number of ether oxygens (including phenoxy) is 1. The Morgan fingerprint density at radius 3 is 2.55 bits per heavy atom. The standard InChI is InChI=1S/C15H14Br2FNO/c1-2-19-9-10-7-12(18)4-6-14(10)20-15-5-3-11(16)8-13(15)17/h3-8,19H,2,9H2,1H3. The smallest absolute Gasteiger partial charge is 0.141 e. The Morgan fingerprint density at radius 1 is 1.10 bits per heavy atom. The van der Waals surface area contributed by atoms with Crippen LogP contribution in [0.4, 0.5) is 4.39 Å². The van der Waals surface area contributed by atoms with E-state index in [-0.39, 0.29) is 5.82 Å². The molecule has 2 aromatic rings. The zero-order valence-corrected chi connectivity index (χ0v) is 14.1. The first-order valence-electron chi connectivity index (χ1n) is 6.22. The molecule has 2 nitrogen and oxygen atoms in total. The van der Waals surface area contributed by atoms with Gasteiger partial charge in [-0.1, -0.05) is 22.9 Å². The Labute approximate surface area is 134 Å². The van der Waals surface area contributed by atoms with Crippen LogP contribution in [0.25, 0.3) is 0 Å². The molecule has 2 aromatic carbocycles. The van der Waals surface area contributed by atoms with E-state index in [1.165, 1.54) is 12.1 Å². The van der Waals surface area contributed by atoms with Crippen LogP contribution >= 0.6 is 31.9 Å². The van der Waals surface area contributed by atoms with Crippen molar-refractivity contribution in [2.24, 2.45) is 0 Å². The van der Waals surface area contributed by atoms with Gasteiger partial charge in [-0.25, -0.2) is 4.39 Å². The molecule has 0 saturated heterocycles. The minimum absolute atomic E-state index is 0.264. The second-order valence-electron chi connectivity index (χ2n) is 4.21. The SMILES string of the molecule is CCNCc1cc(F)ccc1Oc1ccc(Br)cc1Br. The third-order valence-electron chi connectivity index (χ3n) is 2.70. The third-order valence-corrected chi connectivity index (χ3v) is 3.81. The summed E-state index contributed by atoms with van der Waals surface area (Å²) in [6, 6.07) is 10.2. The fourth-order valence-corrected chi connectivity index (χ4v) is 2.85. The zero-order chi connectivity index (χ0) is 14.5. The van der Waals surface area contributed by atoms with Gasteiger partial charge in [0.1, 0.15) is 17.3 Å². The lowest BCUT2D eigenvalue weighted by Gasteiger charge is -2.13. The van der Waals surface area contributed by atoms with Crippen molar-refractivity contribution in [3.8, 4) is 11.5 Å². The molecule has 1 N–H and O–H groups in total. The fraction of sp³-hybridized carbons (Fsp3) is 0.200. The maximum absolute atomic E-state index is 13.3. The van der Waals surface area contributed by atoms with Crippen LogP contribution in [-0.4, -0.2) is 6.54 Å². The van der Waals surface area contributed by atoms with Crippen LogP contribution < -0.4 is 10.1 Å². The van der Waals surface area contributed by atoms with E-state index in [9.17, 15) is 4.39 Å². The molecule has 0 heterocycles. The molecule has 0 unspecified atom stereocenters. The van der Waals surface area contributed by atoms with Gasteiger partial charge in [0.2, 0.25) is 0 Å². The summed E-state index contributed by atoms with van der Waals surface area (Å²) in [6.45, 7) is 3.39. The number of halogens is 3. The highest BCUT2D eigenvalue weighted by Crippen LogP contribution is 2.33. The molecule has 0 spiro atoms. The van der Waals surface area contributed by atoms with Gasteiger partial charge in [-0.05, 0) is 58.9 Å². The van der Waals surface area contributed by atoms with E-state index in [0.29, 0.717) is 18.0 Å². The Kier molecular flexibility index (Phi) is 5.57. The normalized spacial score (nSPS) is 10.6. The second kappa shape index (κ2) is 7.20. The van der Waals surface area contributed by atoms with Gasteiger partial charge >= 0.3 is 0 Å². The molecule has 0 radical (unpaired) electrons. The predicted octanol–water partition coefficient (Wildman–Crippen LogP) is 5.25. The molecule has 0 aliphatic carbocycles. The van der Waals surface area contributed by atoms with E-state index in [1.807, 2.05) is 25.1 Å². The summed E-state index contributed by atoms with van der Waals surface area (Å²) in [5.74, 6) is 1.08. The monoisotopic (exact) mass is 401 g/mol. The van der Waals surface area contributed by atoms with Crippen LogP contribution in [0.2, 0.25) is 0 Å². The van der Waals surface area contributed by atoms with Crippen molar-refractivity contribution in [1.29, 1.82) is 0 Å². The van der Waals surface area contributed by atoms with E-state index < -0.39 is 0 Å².